The molecule has 2 aromatic rings. The third-order valence-electron chi connectivity index (χ3n) is 5.34. The third kappa shape index (κ3) is 3.78. The standard InChI is InChI=1S/C23H26BrNO3/c1-4-5-12-25-20-11-10-18(24)13-19(20)23(28,22(25)27)14-21(26)17-8-6-16(7-9-17)15(2)3/h6-11,13,15,28H,4-5,12,14H2,1-3H3. The monoisotopic (exact) mass is 443 g/mol. The van der Waals surface area contributed by atoms with E-state index in [-0.39, 0.29) is 12.2 Å². The van der Waals surface area contributed by atoms with Crippen molar-refractivity contribution in [2.45, 2.75) is 51.6 Å². The fourth-order valence-corrected chi connectivity index (χ4v) is 3.98. The van der Waals surface area contributed by atoms with Crippen molar-refractivity contribution in [3.05, 3.63) is 63.6 Å². The average molecular weight is 444 g/mol. The molecule has 0 aromatic heterocycles. The summed E-state index contributed by atoms with van der Waals surface area (Å²) in [6.45, 7) is 6.77. The van der Waals surface area contributed by atoms with E-state index in [0.717, 1.165) is 22.9 Å². The van der Waals surface area contributed by atoms with Crippen LogP contribution in [-0.2, 0) is 10.4 Å². The van der Waals surface area contributed by atoms with Crippen molar-refractivity contribution in [1.29, 1.82) is 0 Å². The van der Waals surface area contributed by atoms with Crippen LogP contribution in [0, 0.1) is 0 Å². The smallest absolute Gasteiger partial charge is 0.264 e. The maximum Gasteiger partial charge on any atom is 0.264 e. The molecule has 1 unspecified atom stereocenters. The van der Waals surface area contributed by atoms with E-state index in [1.165, 1.54) is 0 Å². The zero-order valence-corrected chi connectivity index (χ0v) is 18.1. The van der Waals surface area contributed by atoms with Gasteiger partial charge in [-0.05, 0) is 36.1 Å². The second-order valence-electron chi connectivity index (χ2n) is 7.71. The first-order valence-electron chi connectivity index (χ1n) is 9.75. The highest BCUT2D eigenvalue weighted by Gasteiger charge is 2.50. The van der Waals surface area contributed by atoms with Gasteiger partial charge in [-0.1, -0.05) is 67.4 Å². The number of Topliss-reactive ketones (excluding diaryl/α,β-unsaturated/α-hetero) is 1. The molecule has 0 spiro atoms. The Morgan fingerprint density at radius 1 is 1.18 bits per heavy atom. The van der Waals surface area contributed by atoms with Gasteiger partial charge < -0.3 is 10.0 Å². The molecule has 0 radical (unpaired) electrons. The number of anilines is 1. The number of carbonyl (C=O) groups excluding carboxylic acids is 2. The Hall–Kier alpha value is -1.98. The lowest BCUT2D eigenvalue weighted by Crippen LogP contribution is -2.42. The number of ketones is 1. The quantitative estimate of drug-likeness (QED) is 0.599. The van der Waals surface area contributed by atoms with E-state index >= 15 is 0 Å². The van der Waals surface area contributed by atoms with Gasteiger partial charge in [0.05, 0.1) is 12.1 Å². The number of hydrogen-bond acceptors (Lipinski definition) is 3. The SMILES string of the molecule is CCCCN1C(=O)C(O)(CC(=O)c2ccc(C(C)C)cc2)c2cc(Br)ccc21. The van der Waals surface area contributed by atoms with Gasteiger partial charge in [0, 0.05) is 22.1 Å². The van der Waals surface area contributed by atoms with E-state index in [1.54, 1.807) is 23.1 Å². The summed E-state index contributed by atoms with van der Waals surface area (Å²) in [4.78, 5) is 27.6. The first kappa shape index (κ1) is 20.7. The molecule has 4 nitrogen and oxygen atoms in total. The molecule has 3 rings (SSSR count). The normalized spacial score (nSPS) is 18.6. The second-order valence-corrected chi connectivity index (χ2v) is 8.62. The van der Waals surface area contributed by atoms with Gasteiger partial charge in [0.25, 0.3) is 5.91 Å². The number of benzene rings is 2. The molecule has 1 N–H and O–H groups in total. The van der Waals surface area contributed by atoms with E-state index in [1.807, 2.05) is 24.3 Å². The number of fused-ring (bicyclic) bond motifs is 1. The van der Waals surface area contributed by atoms with Crippen molar-refractivity contribution in [3.63, 3.8) is 0 Å². The summed E-state index contributed by atoms with van der Waals surface area (Å²) in [6.07, 6.45) is 1.51. The van der Waals surface area contributed by atoms with Gasteiger partial charge in [0.15, 0.2) is 11.4 Å². The molecule has 2 aromatic carbocycles. The summed E-state index contributed by atoms with van der Waals surface area (Å²) in [7, 11) is 0. The predicted octanol–water partition coefficient (Wildman–Crippen LogP) is 5.18. The molecule has 0 saturated heterocycles. The van der Waals surface area contributed by atoms with E-state index in [9.17, 15) is 14.7 Å². The molecular formula is C23H26BrNO3. The van der Waals surface area contributed by atoms with Crippen LogP contribution in [0.2, 0.25) is 0 Å². The summed E-state index contributed by atoms with van der Waals surface area (Å²) in [5.41, 5.74) is 1.00. The minimum Gasteiger partial charge on any atom is -0.375 e. The molecule has 1 aliphatic rings. The Balaban J connectivity index is 1.92. The number of nitrogens with zero attached hydrogens (tertiary/aromatic N) is 1. The Kier molecular flexibility index (Phi) is 6.06. The molecule has 5 heteroatoms. The molecule has 1 heterocycles. The summed E-state index contributed by atoms with van der Waals surface area (Å²) in [5.74, 6) is -0.281. The van der Waals surface area contributed by atoms with E-state index in [0.29, 0.717) is 29.3 Å². The van der Waals surface area contributed by atoms with Crippen molar-refractivity contribution in [3.8, 4) is 0 Å². The van der Waals surface area contributed by atoms with Crippen LogP contribution in [0.15, 0.2) is 46.9 Å². The molecule has 0 fully saturated rings. The minimum absolute atomic E-state index is 0.241. The van der Waals surface area contributed by atoms with Gasteiger partial charge in [-0.2, -0.15) is 0 Å². The van der Waals surface area contributed by atoms with Gasteiger partial charge >= 0.3 is 0 Å². The van der Waals surface area contributed by atoms with E-state index in [4.69, 9.17) is 0 Å². The highest BCUT2D eigenvalue weighted by molar-refractivity contribution is 9.10. The highest BCUT2D eigenvalue weighted by Crippen LogP contribution is 2.44. The van der Waals surface area contributed by atoms with Crippen LogP contribution in [0.3, 0.4) is 0 Å². The Morgan fingerprint density at radius 3 is 2.46 bits per heavy atom. The molecule has 148 valence electrons. The van der Waals surface area contributed by atoms with Crippen molar-refractivity contribution >= 4 is 33.3 Å². The highest BCUT2D eigenvalue weighted by atomic mass is 79.9. The van der Waals surface area contributed by atoms with Crippen molar-refractivity contribution in [1.82, 2.24) is 0 Å². The number of rotatable bonds is 7. The third-order valence-corrected chi connectivity index (χ3v) is 5.84. The summed E-state index contributed by atoms with van der Waals surface area (Å²) in [6, 6.07) is 12.8. The maximum absolute atomic E-state index is 13.1. The molecule has 1 atom stereocenters. The molecule has 0 aliphatic carbocycles. The van der Waals surface area contributed by atoms with Gasteiger partial charge in [-0.3, -0.25) is 9.59 Å². The molecule has 0 saturated carbocycles. The van der Waals surface area contributed by atoms with Crippen LogP contribution in [0.25, 0.3) is 0 Å². The van der Waals surface area contributed by atoms with Crippen molar-refractivity contribution < 1.29 is 14.7 Å². The second kappa shape index (κ2) is 8.18. The van der Waals surface area contributed by atoms with Crippen molar-refractivity contribution in [2.75, 3.05) is 11.4 Å². The lowest BCUT2D eigenvalue weighted by Gasteiger charge is -2.23. The Labute approximate surface area is 174 Å². The number of hydrogen-bond donors (Lipinski definition) is 1. The first-order chi connectivity index (χ1) is 13.3. The van der Waals surface area contributed by atoms with E-state index < -0.39 is 11.5 Å². The predicted molar refractivity (Wildman–Crippen MR) is 115 cm³/mol. The van der Waals surface area contributed by atoms with Crippen LogP contribution in [0.4, 0.5) is 5.69 Å². The minimum atomic E-state index is -1.83. The van der Waals surface area contributed by atoms with Crippen LogP contribution in [-0.4, -0.2) is 23.3 Å². The maximum atomic E-state index is 13.1. The number of unbranched alkanes of at least 4 members (excludes halogenated alkanes) is 1. The molecular weight excluding hydrogens is 418 g/mol. The number of carbonyl (C=O) groups is 2. The lowest BCUT2D eigenvalue weighted by molar-refractivity contribution is -0.135. The zero-order chi connectivity index (χ0) is 20.5. The zero-order valence-electron chi connectivity index (χ0n) is 16.5. The Bertz CT molecular complexity index is 891. The first-order valence-corrected chi connectivity index (χ1v) is 10.5. The van der Waals surface area contributed by atoms with Crippen LogP contribution < -0.4 is 4.90 Å². The number of amides is 1. The molecule has 1 aliphatic heterocycles. The molecule has 28 heavy (non-hydrogen) atoms. The van der Waals surface area contributed by atoms with E-state index in [2.05, 4.69) is 36.7 Å². The summed E-state index contributed by atoms with van der Waals surface area (Å²) < 4.78 is 0.767. The average Bonchev–Trinajstić information content (AvgIpc) is 2.87. The summed E-state index contributed by atoms with van der Waals surface area (Å²) in [5, 5.41) is 11.3. The van der Waals surface area contributed by atoms with Crippen LogP contribution in [0.5, 0.6) is 0 Å². The van der Waals surface area contributed by atoms with Gasteiger partial charge in [-0.15, -0.1) is 0 Å². The summed E-state index contributed by atoms with van der Waals surface area (Å²) >= 11 is 3.42. The molecule has 0 bridgehead atoms. The van der Waals surface area contributed by atoms with Crippen LogP contribution >= 0.6 is 15.9 Å². The fourth-order valence-electron chi connectivity index (χ4n) is 3.62. The largest absolute Gasteiger partial charge is 0.375 e. The number of halogens is 1. The lowest BCUT2D eigenvalue weighted by atomic mass is 9.87. The van der Waals surface area contributed by atoms with Gasteiger partial charge in [0.1, 0.15) is 0 Å². The van der Waals surface area contributed by atoms with Crippen LogP contribution in [0.1, 0.15) is 67.4 Å². The van der Waals surface area contributed by atoms with Gasteiger partial charge in [0.2, 0.25) is 0 Å². The number of aliphatic hydroxyl groups is 1. The topological polar surface area (TPSA) is 57.6 Å². The Morgan fingerprint density at radius 2 is 1.86 bits per heavy atom. The van der Waals surface area contributed by atoms with Gasteiger partial charge in [-0.25, -0.2) is 0 Å². The van der Waals surface area contributed by atoms with Crippen molar-refractivity contribution in [2.24, 2.45) is 0 Å². The molecule has 1 amide bonds. The fraction of sp³-hybridized carbons (Fsp3) is 0.391.